The van der Waals surface area contributed by atoms with Crippen molar-refractivity contribution in [1.29, 1.82) is 0 Å². The minimum absolute atomic E-state index is 0.195. The lowest BCUT2D eigenvalue weighted by Gasteiger charge is -2.04. The summed E-state index contributed by atoms with van der Waals surface area (Å²) in [6.45, 7) is 0. The Hall–Kier alpha value is -1.55. The van der Waals surface area contributed by atoms with Crippen LogP contribution in [-0.2, 0) is 5.75 Å². The predicted octanol–water partition coefficient (Wildman–Crippen LogP) is 3.96. The van der Waals surface area contributed by atoms with Gasteiger partial charge in [-0.3, -0.25) is 0 Å². The average Bonchev–Trinajstić information content (AvgIpc) is 2.32. The van der Waals surface area contributed by atoms with Crippen LogP contribution >= 0.6 is 11.8 Å². The number of halogens is 2. The van der Waals surface area contributed by atoms with Crippen molar-refractivity contribution in [2.45, 2.75) is 10.6 Å². The minimum Gasteiger partial charge on any atom is -0.507 e. The maximum atomic E-state index is 13.0. The van der Waals surface area contributed by atoms with E-state index in [0.717, 1.165) is 11.0 Å². The molecule has 0 aliphatic heterocycles. The van der Waals surface area contributed by atoms with E-state index in [2.05, 4.69) is 0 Å². The molecular weight excluding hydrogens is 242 g/mol. The molecule has 0 bridgehead atoms. The first-order valence-corrected chi connectivity index (χ1v) is 6.00. The minimum atomic E-state index is -0.847. The largest absolute Gasteiger partial charge is 0.507 e. The van der Waals surface area contributed by atoms with Gasteiger partial charge < -0.3 is 5.11 Å². The molecule has 0 saturated carbocycles. The van der Waals surface area contributed by atoms with E-state index < -0.39 is 11.6 Å². The summed E-state index contributed by atoms with van der Waals surface area (Å²) in [5, 5.41) is 9.53. The van der Waals surface area contributed by atoms with Gasteiger partial charge in [-0.1, -0.05) is 18.2 Å². The third kappa shape index (κ3) is 2.97. The molecule has 88 valence electrons. The van der Waals surface area contributed by atoms with Crippen LogP contribution in [-0.4, -0.2) is 5.11 Å². The number of para-hydroxylation sites is 1. The topological polar surface area (TPSA) is 20.2 Å². The van der Waals surface area contributed by atoms with Gasteiger partial charge in [-0.05, 0) is 29.8 Å². The second-order valence-electron chi connectivity index (χ2n) is 3.50. The quantitative estimate of drug-likeness (QED) is 0.834. The van der Waals surface area contributed by atoms with E-state index in [1.807, 2.05) is 6.07 Å². The van der Waals surface area contributed by atoms with Gasteiger partial charge in [-0.25, -0.2) is 8.78 Å². The van der Waals surface area contributed by atoms with Gasteiger partial charge in [0.25, 0.3) is 0 Å². The van der Waals surface area contributed by atoms with Gasteiger partial charge in [0.2, 0.25) is 0 Å². The first-order chi connectivity index (χ1) is 8.16. The number of phenolic OH excluding ortho intramolecular Hbond substituents is 1. The van der Waals surface area contributed by atoms with Gasteiger partial charge in [0.15, 0.2) is 11.6 Å². The Bertz CT molecular complexity index is 529. The summed E-state index contributed by atoms with van der Waals surface area (Å²) in [5.74, 6) is -1.02. The number of hydrogen-bond donors (Lipinski definition) is 1. The van der Waals surface area contributed by atoms with Crippen molar-refractivity contribution >= 4 is 11.8 Å². The maximum absolute atomic E-state index is 13.0. The van der Waals surface area contributed by atoms with Crippen LogP contribution in [0, 0.1) is 11.6 Å². The van der Waals surface area contributed by atoms with E-state index >= 15 is 0 Å². The second-order valence-corrected chi connectivity index (χ2v) is 4.52. The lowest BCUT2D eigenvalue weighted by atomic mass is 10.2. The molecule has 0 saturated heterocycles. The summed E-state index contributed by atoms with van der Waals surface area (Å²) in [5.41, 5.74) is 0.678. The maximum Gasteiger partial charge on any atom is 0.159 e. The summed E-state index contributed by atoms with van der Waals surface area (Å²) in [4.78, 5) is 0.720. The van der Waals surface area contributed by atoms with Crippen LogP contribution in [0.15, 0.2) is 47.4 Å². The highest BCUT2D eigenvalue weighted by Crippen LogP contribution is 2.30. The molecule has 2 aromatic carbocycles. The first-order valence-electron chi connectivity index (χ1n) is 5.01. The molecule has 0 aliphatic rings. The van der Waals surface area contributed by atoms with Crippen LogP contribution in [0.5, 0.6) is 5.75 Å². The van der Waals surface area contributed by atoms with Gasteiger partial charge in [-0.15, -0.1) is 11.8 Å². The summed E-state index contributed by atoms with van der Waals surface area (Å²) in [7, 11) is 0. The molecule has 1 nitrogen and oxygen atoms in total. The van der Waals surface area contributed by atoms with Crippen LogP contribution in [0.4, 0.5) is 8.78 Å². The van der Waals surface area contributed by atoms with Gasteiger partial charge in [0, 0.05) is 10.6 Å². The number of phenols is 1. The van der Waals surface area contributed by atoms with E-state index in [0.29, 0.717) is 11.3 Å². The highest BCUT2D eigenvalue weighted by molar-refractivity contribution is 7.98. The van der Waals surface area contributed by atoms with Crippen LogP contribution in [0.1, 0.15) is 5.56 Å². The molecule has 0 amide bonds. The molecule has 2 aromatic rings. The van der Waals surface area contributed by atoms with Crippen LogP contribution in [0.3, 0.4) is 0 Å². The molecule has 4 heteroatoms. The zero-order valence-electron chi connectivity index (χ0n) is 8.86. The fraction of sp³-hybridized carbons (Fsp3) is 0.0769. The monoisotopic (exact) mass is 252 g/mol. The second kappa shape index (κ2) is 5.19. The van der Waals surface area contributed by atoms with Crippen molar-refractivity contribution in [1.82, 2.24) is 0 Å². The van der Waals surface area contributed by atoms with Crippen molar-refractivity contribution in [3.8, 4) is 5.75 Å². The van der Waals surface area contributed by atoms with Crippen LogP contribution in [0.25, 0.3) is 0 Å². The van der Waals surface area contributed by atoms with E-state index in [-0.39, 0.29) is 5.75 Å². The molecule has 0 fully saturated rings. The molecule has 17 heavy (non-hydrogen) atoms. The Balaban J connectivity index is 2.08. The van der Waals surface area contributed by atoms with E-state index in [9.17, 15) is 13.9 Å². The third-order valence-corrected chi connectivity index (χ3v) is 3.38. The molecule has 0 radical (unpaired) electrons. The van der Waals surface area contributed by atoms with Crippen molar-refractivity contribution in [3.63, 3.8) is 0 Å². The molecule has 0 aromatic heterocycles. The third-order valence-electron chi connectivity index (χ3n) is 2.24. The molecule has 0 heterocycles. The molecule has 0 aliphatic carbocycles. The van der Waals surface area contributed by atoms with Crippen molar-refractivity contribution in [2.24, 2.45) is 0 Å². The Morgan fingerprint density at radius 2 is 1.76 bits per heavy atom. The van der Waals surface area contributed by atoms with Crippen molar-refractivity contribution < 1.29 is 13.9 Å². The van der Waals surface area contributed by atoms with E-state index in [4.69, 9.17) is 0 Å². The summed E-state index contributed by atoms with van der Waals surface area (Å²) < 4.78 is 25.7. The molecule has 1 N–H and O–H groups in total. The molecule has 2 rings (SSSR count). The fourth-order valence-electron chi connectivity index (χ4n) is 1.37. The Morgan fingerprint density at radius 3 is 2.47 bits per heavy atom. The predicted molar refractivity (Wildman–Crippen MR) is 64.0 cm³/mol. The van der Waals surface area contributed by atoms with Crippen molar-refractivity contribution in [3.05, 3.63) is 59.7 Å². The highest BCUT2D eigenvalue weighted by Gasteiger charge is 2.04. The smallest absolute Gasteiger partial charge is 0.159 e. The van der Waals surface area contributed by atoms with Gasteiger partial charge >= 0.3 is 0 Å². The summed E-state index contributed by atoms with van der Waals surface area (Å²) in [6.07, 6.45) is 0. The zero-order chi connectivity index (χ0) is 12.3. The Kier molecular flexibility index (Phi) is 3.64. The average molecular weight is 252 g/mol. The highest BCUT2D eigenvalue weighted by atomic mass is 32.2. The number of benzene rings is 2. The van der Waals surface area contributed by atoms with Gasteiger partial charge in [0.1, 0.15) is 5.75 Å². The number of rotatable bonds is 3. The summed E-state index contributed by atoms with van der Waals surface area (Å²) >= 11 is 1.38. The normalized spacial score (nSPS) is 10.5. The van der Waals surface area contributed by atoms with Crippen LogP contribution in [0.2, 0.25) is 0 Å². The molecule has 0 unspecified atom stereocenters. The Morgan fingerprint density at radius 1 is 1.00 bits per heavy atom. The van der Waals surface area contributed by atoms with Gasteiger partial charge in [-0.2, -0.15) is 0 Å². The SMILES string of the molecule is Oc1ccccc1SCc1ccc(F)c(F)c1. The van der Waals surface area contributed by atoms with Gasteiger partial charge in [0.05, 0.1) is 0 Å². The first kappa shape index (κ1) is 11.9. The summed E-state index contributed by atoms with van der Waals surface area (Å²) in [6, 6.07) is 10.7. The van der Waals surface area contributed by atoms with Crippen molar-refractivity contribution in [2.75, 3.05) is 0 Å². The van der Waals surface area contributed by atoms with E-state index in [1.165, 1.54) is 23.9 Å². The van der Waals surface area contributed by atoms with Crippen LogP contribution < -0.4 is 0 Å². The molecule has 0 atom stereocenters. The number of hydrogen-bond acceptors (Lipinski definition) is 2. The molecule has 0 spiro atoms. The fourth-order valence-corrected chi connectivity index (χ4v) is 2.26. The zero-order valence-corrected chi connectivity index (χ0v) is 9.68. The Labute approximate surface area is 102 Å². The number of aromatic hydroxyl groups is 1. The number of thioether (sulfide) groups is 1. The molecular formula is C13H10F2OS. The standard InChI is InChI=1S/C13H10F2OS/c14-10-6-5-9(7-11(10)15)8-17-13-4-2-1-3-12(13)16/h1-7,16H,8H2. The van der Waals surface area contributed by atoms with E-state index in [1.54, 1.807) is 18.2 Å². The lowest BCUT2D eigenvalue weighted by molar-refractivity contribution is 0.462. The lowest BCUT2D eigenvalue weighted by Crippen LogP contribution is -1.87.